The van der Waals surface area contributed by atoms with Crippen LogP contribution in [0, 0.1) is 6.92 Å². The fraction of sp³-hybridized carbons (Fsp3) is 0.200. The van der Waals surface area contributed by atoms with E-state index >= 15 is 0 Å². The number of aromatic nitrogens is 6. The highest BCUT2D eigenvalue weighted by Gasteiger charge is 2.14. The molecule has 0 unspecified atom stereocenters. The Bertz CT molecular complexity index is 1240. The molecule has 0 N–H and O–H groups in total. The van der Waals surface area contributed by atoms with Gasteiger partial charge in [-0.05, 0) is 46.7 Å². The van der Waals surface area contributed by atoms with Crippen LogP contribution >= 0.6 is 11.6 Å². The molecule has 9 heteroatoms. The van der Waals surface area contributed by atoms with Crippen LogP contribution in [0.15, 0.2) is 53.6 Å². The predicted molar refractivity (Wildman–Crippen MR) is 109 cm³/mol. The zero-order valence-electron chi connectivity index (χ0n) is 16.2. The Morgan fingerprint density at radius 2 is 1.93 bits per heavy atom. The quantitative estimate of drug-likeness (QED) is 0.505. The fourth-order valence-corrected chi connectivity index (χ4v) is 3.29. The third kappa shape index (κ3) is 3.66. The van der Waals surface area contributed by atoms with Crippen LogP contribution in [0.4, 0.5) is 0 Å². The first-order valence-corrected chi connectivity index (χ1v) is 9.31. The molecule has 0 amide bonds. The molecule has 0 aliphatic rings. The Labute approximate surface area is 171 Å². The zero-order valence-corrected chi connectivity index (χ0v) is 17.0. The van der Waals surface area contributed by atoms with E-state index in [0.717, 1.165) is 22.3 Å². The van der Waals surface area contributed by atoms with E-state index in [0.29, 0.717) is 16.5 Å². The minimum Gasteiger partial charge on any atom is -0.487 e. The smallest absolute Gasteiger partial charge is 0.368 e. The molecule has 0 spiro atoms. The minimum atomic E-state index is -0.323. The monoisotopic (exact) mass is 410 g/mol. The second-order valence-electron chi connectivity index (χ2n) is 6.71. The van der Waals surface area contributed by atoms with Gasteiger partial charge in [-0.2, -0.15) is 14.5 Å². The molecule has 2 aromatic carbocycles. The van der Waals surface area contributed by atoms with Gasteiger partial charge in [-0.25, -0.2) is 4.79 Å². The first kappa shape index (κ1) is 18.9. The van der Waals surface area contributed by atoms with Gasteiger partial charge in [0.1, 0.15) is 12.4 Å². The van der Waals surface area contributed by atoms with Crippen LogP contribution in [-0.4, -0.2) is 29.6 Å². The summed E-state index contributed by atoms with van der Waals surface area (Å²) in [6.07, 6.45) is 3.70. The molecule has 0 aliphatic heterocycles. The predicted octanol–water partition coefficient (Wildman–Crippen LogP) is 2.91. The van der Waals surface area contributed by atoms with Crippen molar-refractivity contribution in [1.82, 2.24) is 29.6 Å². The molecule has 0 saturated heterocycles. The Morgan fingerprint density at radius 1 is 1.10 bits per heavy atom. The lowest BCUT2D eigenvalue weighted by molar-refractivity contribution is 0.305. The highest BCUT2D eigenvalue weighted by atomic mass is 35.5. The van der Waals surface area contributed by atoms with Gasteiger partial charge in [-0.15, -0.1) is 0 Å². The molecule has 4 aromatic rings. The molecule has 2 heterocycles. The van der Waals surface area contributed by atoms with E-state index in [1.54, 1.807) is 17.9 Å². The van der Waals surface area contributed by atoms with E-state index in [9.17, 15) is 4.79 Å². The summed E-state index contributed by atoms with van der Waals surface area (Å²) < 4.78 is 10.2. The Kier molecular flexibility index (Phi) is 4.94. The van der Waals surface area contributed by atoms with Gasteiger partial charge in [-0.3, -0.25) is 4.68 Å². The van der Waals surface area contributed by atoms with Crippen LogP contribution in [-0.2, 0) is 20.7 Å². The number of ether oxygens (including phenoxy) is 1. The lowest BCUT2D eigenvalue weighted by Crippen LogP contribution is -2.23. The highest BCUT2D eigenvalue weighted by molar-refractivity contribution is 6.32. The van der Waals surface area contributed by atoms with Crippen molar-refractivity contribution in [2.24, 2.45) is 14.1 Å². The molecular formula is C20H19ClN6O2. The molecule has 148 valence electrons. The number of halogens is 1. The maximum absolute atomic E-state index is 12.3. The number of hydrogen-bond donors (Lipinski definition) is 0. The Hall–Kier alpha value is -3.39. The normalized spacial score (nSPS) is 11.0. The lowest BCUT2D eigenvalue weighted by atomic mass is 10.1. The summed E-state index contributed by atoms with van der Waals surface area (Å²) in [5.41, 5.74) is 4.05. The lowest BCUT2D eigenvalue weighted by Gasteiger charge is -2.14. The number of aryl methyl sites for hydroxylation is 3. The maximum Gasteiger partial charge on any atom is 0.368 e. The maximum atomic E-state index is 12.3. The molecule has 0 fully saturated rings. The van der Waals surface area contributed by atoms with Crippen molar-refractivity contribution < 1.29 is 4.74 Å². The summed E-state index contributed by atoms with van der Waals surface area (Å²) in [7, 11) is 3.42. The summed E-state index contributed by atoms with van der Waals surface area (Å²) >= 11 is 6.44. The summed E-state index contributed by atoms with van der Waals surface area (Å²) in [6, 6.07) is 11.2. The average molecular weight is 411 g/mol. The van der Waals surface area contributed by atoms with E-state index in [2.05, 4.69) is 15.5 Å². The Balaban J connectivity index is 1.61. The molecule has 0 saturated carbocycles. The minimum absolute atomic E-state index is 0.233. The van der Waals surface area contributed by atoms with Crippen molar-refractivity contribution in [1.29, 1.82) is 0 Å². The van der Waals surface area contributed by atoms with Gasteiger partial charge in [0.25, 0.3) is 0 Å². The first-order valence-electron chi connectivity index (χ1n) is 8.93. The van der Waals surface area contributed by atoms with E-state index in [1.807, 2.05) is 56.6 Å². The number of hydrogen-bond acceptors (Lipinski definition) is 5. The van der Waals surface area contributed by atoms with Crippen LogP contribution in [0.3, 0.4) is 0 Å². The van der Waals surface area contributed by atoms with Gasteiger partial charge < -0.3 is 4.74 Å². The summed E-state index contributed by atoms with van der Waals surface area (Å²) in [6.45, 7) is 2.19. The summed E-state index contributed by atoms with van der Waals surface area (Å²) in [5.74, 6) is 0.556. The molecule has 29 heavy (non-hydrogen) atoms. The van der Waals surface area contributed by atoms with E-state index in [1.165, 1.54) is 9.36 Å². The molecule has 0 aliphatic carbocycles. The van der Waals surface area contributed by atoms with E-state index in [-0.39, 0.29) is 12.3 Å². The second kappa shape index (κ2) is 7.56. The van der Waals surface area contributed by atoms with Crippen LogP contribution in [0.2, 0.25) is 5.02 Å². The van der Waals surface area contributed by atoms with Crippen LogP contribution < -0.4 is 10.4 Å². The van der Waals surface area contributed by atoms with Gasteiger partial charge in [0.15, 0.2) is 0 Å². The van der Waals surface area contributed by atoms with Crippen LogP contribution in [0.1, 0.15) is 11.1 Å². The van der Waals surface area contributed by atoms with Crippen molar-refractivity contribution in [3.05, 3.63) is 75.4 Å². The second-order valence-corrected chi connectivity index (χ2v) is 7.11. The SMILES string of the molecule is Cc1cccc(-n2nnn(C)c2=O)c1COc1ccc(-c2cnn(C)c2)cc1Cl. The highest BCUT2D eigenvalue weighted by Crippen LogP contribution is 2.31. The number of rotatable bonds is 5. The fourth-order valence-electron chi connectivity index (χ4n) is 3.06. The van der Waals surface area contributed by atoms with Crippen molar-refractivity contribution in [2.75, 3.05) is 0 Å². The molecule has 0 bridgehead atoms. The zero-order chi connectivity index (χ0) is 20.5. The summed E-state index contributed by atoms with van der Waals surface area (Å²) in [5, 5.41) is 12.4. The topological polar surface area (TPSA) is 79.8 Å². The molecule has 0 atom stereocenters. The third-order valence-electron chi connectivity index (χ3n) is 4.68. The van der Waals surface area contributed by atoms with Crippen molar-refractivity contribution in [3.8, 4) is 22.6 Å². The van der Waals surface area contributed by atoms with Gasteiger partial charge >= 0.3 is 5.69 Å². The van der Waals surface area contributed by atoms with Gasteiger partial charge in [0.05, 0.1) is 16.9 Å². The van der Waals surface area contributed by atoms with Crippen molar-refractivity contribution in [2.45, 2.75) is 13.5 Å². The first-order chi connectivity index (χ1) is 13.9. The average Bonchev–Trinajstić information content (AvgIpc) is 3.27. The van der Waals surface area contributed by atoms with Crippen LogP contribution in [0.25, 0.3) is 16.8 Å². The third-order valence-corrected chi connectivity index (χ3v) is 4.97. The van der Waals surface area contributed by atoms with E-state index < -0.39 is 0 Å². The number of benzene rings is 2. The van der Waals surface area contributed by atoms with Gasteiger partial charge in [0, 0.05) is 31.4 Å². The largest absolute Gasteiger partial charge is 0.487 e. The molecule has 0 radical (unpaired) electrons. The molecule has 4 rings (SSSR count). The summed E-state index contributed by atoms with van der Waals surface area (Å²) in [4.78, 5) is 12.3. The van der Waals surface area contributed by atoms with Crippen molar-refractivity contribution >= 4 is 11.6 Å². The molecule has 8 nitrogen and oxygen atoms in total. The van der Waals surface area contributed by atoms with Gasteiger partial charge in [-0.1, -0.05) is 29.8 Å². The molecular weight excluding hydrogens is 392 g/mol. The standard InChI is InChI=1S/C20H19ClN6O2/c1-13-5-4-6-18(27-20(28)26(3)23-24-27)16(13)12-29-19-8-7-14(9-17(19)21)15-10-22-25(2)11-15/h4-11H,12H2,1-3H3. The van der Waals surface area contributed by atoms with E-state index in [4.69, 9.17) is 16.3 Å². The van der Waals surface area contributed by atoms with Crippen LogP contribution in [0.5, 0.6) is 5.75 Å². The Morgan fingerprint density at radius 3 is 2.59 bits per heavy atom. The number of nitrogens with zero attached hydrogens (tertiary/aromatic N) is 6. The molecule has 2 aromatic heterocycles. The van der Waals surface area contributed by atoms with Gasteiger partial charge in [0.2, 0.25) is 0 Å². The number of tetrazole rings is 1. The van der Waals surface area contributed by atoms with Crippen molar-refractivity contribution in [3.63, 3.8) is 0 Å².